The molecule has 4 aromatic rings. The lowest BCUT2D eigenvalue weighted by molar-refractivity contribution is -0.142. The number of aryl methyl sites for hydroxylation is 1. The van der Waals surface area contributed by atoms with Gasteiger partial charge in [0.2, 0.25) is 29.5 Å². The van der Waals surface area contributed by atoms with Crippen molar-refractivity contribution in [1.82, 2.24) is 31.5 Å². The van der Waals surface area contributed by atoms with Crippen molar-refractivity contribution in [3.05, 3.63) is 124 Å². The molecule has 6 amide bonds. The van der Waals surface area contributed by atoms with Crippen LogP contribution < -0.4 is 26.6 Å². The molecule has 0 saturated carbocycles. The zero-order valence-electron chi connectivity index (χ0n) is 42.2. The molecule has 5 atom stereocenters. The van der Waals surface area contributed by atoms with Gasteiger partial charge in [-0.2, -0.15) is 8.42 Å². The molecular weight excluding hydrogens is 973 g/mol. The van der Waals surface area contributed by atoms with Gasteiger partial charge in [0.25, 0.3) is 16.0 Å². The van der Waals surface area contributed by atoms with Crippen molar-refractivity contribution in [1.29, 1.82) is 0 Å². The first kappa shape index (κ1) is 57.5. The van der Waals surface area contributed by atoms with E-state index in [1.807, 2.05) is 42.5 Å². The molecule has 4 aromatic carbocycles. The highest BCUT2D eigenvalue weighted by Gasteiger charge is 2.40. The Kier molecular flexibility index (Phi) is 20.2. The molecular formula is C54H66N6O13S. The van der Waals surface area contributed by atoms with Crippen molar-refractivity contribution in [3.8, 4) is 0 Å². The SMILES string of the molecule is CCC[C@H](NC(=O)[C@H](Cc1ccc(CS(=O)(=O)O)cc1)NC(=O)c1ccc(C)c(/C=C/C(=O)O)c1)C(=O)N1CCC[C@H]1C(=O)N[C@@H](Cc1cccc2ccccc12)C(=O)N[C@@H](CCCC(=O)O)C(=O)NC(C)(C)C. The molecule has 0 aliphatic carbocycles. The van der Waals surface area contributed by atoms with Gasteiger partial charge in [0.1, 0.15) is 36.0 Å². The Morgan fingerprint density at radius 2 is 1.41 bits per heavy atom. The highest BCUT2D eigenvalue weighted by molar-refractivity contribution is 7.85. The molecule has 0 radical (unpaired) electrons. The number of rotatable bonds is 24. The lowest BCUT2D eigenvalue weighted by Gasteiger charge is -2.31. The number of carboxylic acid groups (broad SMARTS) is 2. The smallest absolute Gasteiger partial charge is 0.328 e. The maximum Gasteiger partial charge on any atom is 0.328 e. The van der Waals surface area contributed by atoms with Gasteiger partial charge in [-0.3, -0.25) is 38.1 Å². The summed E-state index contributed by atoms with van der Waals surface area (Å²) in [6, 6.07) is 17.6. The summed E-state index contributed by atoms with van der Waals surface area (Å²) in [5.41, 5.74) is 1.99. The van der Waals surface area contributed by atoms with Gasteiger partial charge >= 0.3 is 11.9 Å². The van der Waals surface area contributed by atoms with E-state index < -0.39 is 99.0 Å². The van der Waals surface area contributed by atoms with E-state index in [1.165, 1.54) is 47.4 Å². The van der Waals surface area contributed by atoms with Gasteiger partial charge in [-0.25, -0.2) is 4.79 Å². The van der Waals surface area contributed by atoms with Crippen LogP contribution in [0.5, 0.6) is 0 Å². The second-order valence-corrected chi connectivity index (χ2v) is 21.0. The van der Waals surface area contributed by atoms with Crippen molar-refractivity contribution in [3.63, 3.8) is 0 Å². The molecule has 396 valence electrons. The number of hydrogen-bond donors (Lipinski definition) is 8. The minimum atomic E-state index is -4.35. The van der Waals surface area contributed by atoms with Gasteiger partial charge in [-0.05, 0) is 117 Å². The number of nitrogens with zero attached hydrogens (tertiary/aromatic N) is 1. The van der Waals surface area contributed by atoms with E-state index in [1.54, 1.807) is 40.7 Å². The largest absolute Gasteiger partial charge is 0.481 e. The first-order valence-electron chi connectivity index (χ1n) is 24.5. The van der Waals surface area contributed by atoms with Gasteiger partial charge in [0.15, 0.2) is 0 Å². The molecule has 8 N–H and O–H groups in total. The van der Waals surface area contributed by atoms with Crippen LogP contribution in [0.4, 0.5) is 0 Å². The summed E-state index contributed by atoms with van der Waals surface area (Å²) in [6.45, 7) is 8.95. The van der Waals surface area contributed by atoms with E-state index in [4.69, 9.17) is 0 Å². The van der Waals surface area contributed by atoms with Crippen LogP contribution in [0.3, 0.4) is 0 Å². The van der Waals surface area contributed by atoms with Gasteiger partial charge in [0.05, 0.1) is 0 Å². The van der Waals surface area contributed by atoms with Crippen molar-refractivity contribution < 1.29 is 61.5 Å². The van der Waals surface area contributed by atoms with E-state index >= 15 is 0 Å². The van der Waals surface area contributed by atoms with Gasteiger partial charge < -0.3 is 41.7 Å². The number of carbonyl (C=O) groups is 8. The van der Waals surface area contributed by atoms with Gasteiger partial charge in [-0.15, -0.1) is 0 Å². The van der Waals surface area contributed by atoms with E-state index in [-0.39, 0.29) is 62.6 Å². The Labute approximate surface area is 430 Å². The van der Waals surface area contributed by atoms with Crippen LogP contribution in [0.1, 0.15) is 111 Å². The third-order valence-corrected chi connectivity index (χ3v) is 13.1. The minimum absolute atomic E-state index is 0.00270. The molecule has 0 spiro atoms. The van der Waals surface area contributed by atoms with E-state index in [0.717, 1.165) is 16.8 Å². The van der Waals surface area contributed by atoms with Crippen molar-refractivity contribution in [2.45, 2.75) is 134 Å². The van der Waals surface area contributed by atoms with Gasteiger partial charge in [-0.1, -0.05) is 86.1 Å². The molecule has 74 heavy (non-hydrogen) atoms. The highest BCUT2D eigenvalue weighted by Crippen LogP contribution is 2.24. The molecule has 0 bridgehead atoms. The molecule has 1 aliphatic heterocycles. The average Bonchev–Trinajstić information content (AvgIpc) is 3.82. The first-order valence-corrected chi connectivity index (χ1v) is 26.1. The molecule has 20 heteroatoms. The second kappa shape index (κ2) is 26.0. The molecule has 1 saturated heterocycles. The fourth-order valence-electron chi connectivity index (χ4n) is 8.74. The summed E-state index contributed by atoms with van der Waals surface area (Å²) in [7, 11) is -4.35. The molecule has 1 heterocycles. The molecule has 5 rings (SSSR count). The average molecular weight is 1040 g/mol. The number of fused-ring (bicyclic) bond motifs is 1. The van der Waals surface area contributed by atoms with Crippen molar-refractivity contribution >= 4 is 74.3 Å². The topological polar surface area (TPSA) is 295 Å². The number of carboxylic acids is 2. The molecule has 19 nitrogen and oxygen atoms in total. The number of hydrogen-bond acceptors (Lipinski definition) is 10. The van der Waals surface area contributed by atoms with Crippen LogP contribution in [-0.4, -0.2) is 118 Å². The van der Waals surface area contributed by atoms with Crippen LogP contribution in [0, 0.1) is 6.92 Å². The predicted octanol–water partition coefficient (Wildman–Crippen LogP) is 4.63. The Hall–Kier alpha value is -7.45. The maximum absolute atomic E-state index is 14.6. The number of benzene rings is 4. The summed E-state index contributed by atoms with van der Waals surface area (Å²) in [6.07, 6.45) is 3.09. The van der Waals surface area contributed by atoms with Crippen LogP contribution in [0.25, 0.3) is 16.8 Å². The number of amides is 6. The molecule has 1 aliphatic rings. The van der Waals surface area contributed by atoms with E-state index in [9.17, 15) is 61.5 Å². The van der Waals surface area contributed by atoms with Crippen molar-refractivity contribution in [2.24, 2.45) is 0 Å². The minimum Gasteiger partial charge on any atom is -0.481 e. The van der Waals surface area contributed by atoms with E-state index in [0.29, 0.717) is 35.1 Å². The van der Waals surface area contributed by atoms with Crippen LogP contribution in [0.15, 0.2) is 91.0 Å². The summed E-state index contributed by atoms with van der Waals surface area (Å²) >= 11 is 0. The summed E-state index contributed by atoms with van der Waals surface area (Å²) < 4.78 is 32.4. The molecule has 1 fully saturated rings. The van der Waals surface area contributed by atoms with Crippen LogP contribution in [-0.2, 0) is 62.3 Å². The lowest BCUT2D eigenvalue weighted by Crippen LogP contribution is -2.59. The Morgan fingerprint density at radius 3 is 2.05 bits per heavy atom. The summed E-state index contributed by atoms with van der Waals surface area (Å²) in [5, 5.41) is 34.2. The standard InChI is InChI=1S/C54H66N6O13S/c1-6-12-42(56-49(66)43(29-34-21-23-35(24-22-34)32-74(71,72)73)57-48(65)39-25-20-33(2)37(30-39)26-27-47(63)64)53(70)60-28-11-18-45(60)52(69)58-44(31-38-15-9-14-36-13-7-8-16-40(36)38)50(67)55-41(17-10-19-46(61)62)51(68)59-54(3,4)5/h7-9,13-16,20-27,30,41-45H,6,10-12,17-19,28-29,31-32H2,1-5H3,(H,55,67)(H,56,66)(H,57,65)(H,58,69)(H,59,68)(H,61,62)(H,63,64)(H,71,72,73)/b27-26+/t41-,42-,43-,44-,45-/m0/s1. The number of carbonyl (C=O) groups excluding carboxylic acids is 6. The normalized spacial score (nSPS) is 15.4. The third kappa shape index (κ3) is 17.4. The van der Waals surface area contributed by atoms with Crippen LogP contribution in [0.2, 0.25) is 0 Å². The fraction of sp³-hybridized carbons (Fsp3) is 0.407. The number of likely N-dealkylation sites (tertiary alicyclic amines) is 1. The zero-order valence-corrected chi connectivity index (χ0v) is 43.0. The fourth-order valence-corrected chi connectivity index (χ4v) is 9.35. The zero-order chi connectivity index (χ0) is 54.3. The Morgan fingerprint density at radius 1 is 0.757 bits per heavy atom. The van der Waals surface area contributed by atoms with Crippen molar-refractivity contribution in [2.75, 3.05) is 6.54 Å². The first-order chi connectivity index (χ1) is 34.9. The van der Waals surface area contributed by atoms with E-state index in [2.05, 4.69) is 26.6 Å². The lowest BCUT2D eigenvalue weighted by atomic mass is 9.97. The molecule has 0 aromatic heterocycles. The summed E-state index contributed by atoms with van der Waals surface area (Å²) in [5.74, 6) is -6.85. The van der Waals surface area contributed by atoms with Gasteiger partial charge in [0, 0.05) is 43.0 Å². The Balaban J connectivity index is 1.41. The molecule has 0 unspecified atom stereocenters. The number of nitrogens with one attached hydrogen (secondary N) is 5. The second-order valence-electron chi connectivity index (χ2n) is 19.5. The monoisotopic (exact) mass is 1040 g/mol. The van der Waals surface area contributed by atoms with Crippen LogP contribution >= 0.6 is 0 Å². The maximum atomic E-state index is 14.6. The Bertz CT molecular complexity index is 2860. The predicted molar refractivity (Wildman–Crippen MR) is 277 cm³/mol. The quantitative estimate of drug-likeness (QED) is 0.0351. The highest BCUT2D eigenvalue weighted by atomic mass is 32.2. The summed E-state index contributed by atoms with van der Waals surface area (Å²) in [4.78, 5) is 109. The number of aliphatic carboxylic acids is 2. The third-order valence-electron chi connectivity index (χ3n) is 12.4.